The molecule has 6 nitrogen and oxygen atoms in total. The van der Waals surface area contributed by atoms with Crippen LogP contribution < -0.4 is 9.46 Å². The van der Waals surface area contributed by atoms with Crippen molar-refractivity contribution in [2.45, 2.75) is 36.8 Å². The number of alkyl halides is 3. The highest BCUT2D eigenvalue weighted by atomic mass is 32.2. The predicted octanol–water partition coefficient (Wildman–Crippen LogP) is 4.99. The molecule has 1 fully saturated rings. The van der Waals surface area contributed by atoms with Crippen molar-refractivity contribution < 1.29 is 39.9 Å². The van der Waals surface area contributed by atoms with Crippen molar-refractivity contribution in [2.75, 3.05) is 6.61 Å². The molecule has 11 heteroatoms. The maximum absolute atomic E-state index is 14.4. The third kappa shape index (κ3) is 4.29. The van der Waals surface area contributed by atoms with Crippen LogP contribution in [0.25, 0.3) is 11.0 Å². The molecule has 0 atom stereocenters. The molecule has 1 saturated carbocycles. The Bertz CT molecular complexity index is 1310. The summed E-state index contributed by atoms with van der Waals surface area (Å²) < 4.78 is 91.2. The monoisotopic (exact) mass is 471 g/mol. The number of hydrogen-bond donors (Lipinski definition) is 1. The third-order valence-electron chi connectivity index (χ3n) is 4.97. The minimum absolute atomic E-state index is 0.00831. The molecular weight excluding hydrogens is 454 g/mol. The van der Waals surface area contributed by atoms with Gasteiger partial charge in [-0.3, -0.25) is 4.79 Å². The van der Waals surface area contributed by atoms with Gasteiger partial charge in [0.15, 0.2) is 5.76 Å². The molecule has 0 spiro atoms. The van der Waals surface area contributed by atoms with Crippen molar-refractivity contribution in [3.05, 3.63) is 59.1 Å². The summed E-state index contributed by atoms with van der Waals surface area (Å²) in [6, 6.07) is 5.88. The van der Waals surface area contributed by atoms with E-state index >= 15 is 0 Å². The number of furan rings is 1. The number of halogens is 4. The number of carbonyl (C=O) groups is 1. The van der Waals surface area contributed by atoms with Crippen LogP contribution in [-0.4, -0.2) is 20.9 Å². The predicted molar refractivity (Wildman–Crippen MR) is 105 cm³/mol. The number of fused-ring (bicyclic) bond motifs is 1. The maximum Gasteiger partial charge on any atom is 0.416 e. The van der Waals surface area contributed by atoms with Crippen molar-refractivity contribution in [1.82, 2.24) is 4.72 Å². The van der Waals surface area contributed by atoms with Crippen LogP contribution in [0, 0.1) is 5.82 Å². The lowest BCUT2D eigenvalue weighted by Gasteiger charge is -2.14. The molecule has 0 aliphatic heterocycles. The average Bonchev–Trinajstić information content (AvgIpc) is 3.46. The lowest BCUT2D eigenvalue weighted by atomic mass is 10.1. The van der Waals surface area contributed by atoms with E-state index in [4.69, 9.17) is 9.15 Å². The summed E-state index contributed by atoms with van der Waals surface area (Å²) in [5.41, 5.74) is -0.440. The zero-order valence-electron chi connectivity index (χ0n) is 16.6. The summed E-state index contributed by atoms with van der Waals surface area (Å²) in [6.07, 6.45) is -2.98. The zero-order chi connectivity index (χ0) is 23.3. The van der Waals surface area contributed by atoms with Gasteiger partial charge in [-0.15, -0.1) is 0 Å². The number of nitrogens with one attached hydrogen (secondary N) is 1. The molecular formula is C21H17F4NO5S. The van der Waals surface area contributed by atoms with Crippen molar-refractivity contribution >= 4 is 26.9 Å². The molecule has 0 radical (unpaired) electrons. The van der Waals surface area contributed by atoms with E-state index in [2.05, 4.69) is 0 Å². The zero-order valence-corrected chi connectivity index (χ0v) is 17.4. The van der Waals surface area contributed by atoms with Crippen molar-refractivity contribution in [2.24, 2.45) is 0 Å². The highest BCUT2D eigenvalue weighted by molar-refractivity contribution is 7.90. The van der Waals surface area contributed by atoms with Crippen molar-refractivity contribution in [3.8, 4) is 5.75 Å². The fraction of sp³-hybridized carbons (Fsp3) is 0.286. The molecule has 1 N–H and O–H groups in total. The molecule has 1 aliphatic rings. The normalized spacial score (nSPS) is 14.5. The van der Waals surface area contributed by atoms with Gasteiger partial charge in [-0.1, -0.05) is 0 Å². The molecule has 0 unspecified atom stereocenters. The van der Waals surface area contributed by atoms with E-state index in [1.165, 1.54) is 13.0 Å². The Labute approximate surface area is 180 Å². The number of sulfonamides is 1. The number of carbonyl (C=O) groups excluding carboxylic acids is 1. The minimum atomic E-state index is -4.81. The first-order chi connectivity index (χ1) is 15.0. The van der Waals surface area contributed by atoms with Gasteiger partial charge in [0.05, 0.1) is 17.6 Å². The van der Waals surface area contributed by atoms with E-state index in [1.807, 2.05) is 0 Å². The van der Waals surface area contributed by atoms with Crippen LogP contribution >= 0.6 is 0 Å². The molecule has 0 saturated heterocycles. The second-order valence-electron chi connectivity index (χ2n) is 7.33. The van der Waals surface area contributed by atoms with E-state index in [9.17, 15) is 30.8 Å². The summed E-state index contributed by atoms with van der Waals surface area (Å²) in [7, 11) is -4.78. The molecule has 170 valence electrons. The fourth-order valence-corrected chi connectivity index (χ4v) is 4.41. The fourth-order valence-electron chi connectivity index (χ4n) is 3.28. The van der Waals surface area contributed by atoms with Gasteiger partial charge in [-0.25, -0.2) is 17.5 Å². The second-order valence-corrected chi connectivity index (χ2v) is 8.98. The van der Waals surface area contributed by atoms with E-state index in [-0.39, 0.29) is 29.2 Å². The van der Waals surface area contributed by atoms with Crippen molar-refractivity contribution in [1.29, 1.82) is 0 Å². The Morgan fingerprint density at radius 2 is 1.91 bits per heavy atom. The Morgan fingerprint density at radius 1 is 1.19 bits per heavy atom. The number of ether oxygens (including phenoxy) is 1. The molecule has 1 aromatic heterocycles. The number of hydrogen-bond acceptors (Lipinski definition) is 5. The van der Waals surface area contributed by atoms with Crippen LogP contribution in [-0.2, 0) is 16.2 Å². The van der Waals surface area contributed by atoms with Gasteiger partial charge in [0.25, 0.3) is 10.0 Å². The van der Waals surface area contributed by atoms with E-state index in [0.717, 1.165) is 25.0 Å². The second kappa shape index (κ2) is 7.80. The lowest BCUT2D eigenvalue weighted by molar-refractivity contribution is -0.137. The van der Waals surface area contributed by atoms with E-state index in [0.29, 0.717) is 17.7 Å². The first kappa shape index (κ1) is 22.1. The standard InChI is InChI=1S/C21H17F4NO5S/c1-2-30-16-6-5-13(21(23,24)25)9-19(16)32(28,29)26-20(27)18-10-14-15(22)7-12(11-3-4-11)8-17(14)31-18/h5-11H,2-4H2,1H3,(H,26,27). The largest absolute Gasteiger partial charge is 0.492 e. The molecule has 2 aromatic carbocycles. The van der Waals surface area contributed by atoms with Gasteiger partial charge in [0.2, 0.25) is 0 Å². The smallest absolute Gasteiger partial charge is 0.416 e. The SMILES string of the molecule is CCOc1ccc(C(F)(F)F)cc1S(=O)(=O)NC(=O)c1cc2c(F)cc(C3CC3)cc2o1. The summed E-state index contributed by atoms with van der Waals surface area (Å²) >= 11 is 0. The summed E-state index contributed by atoms with van der Waals surface area (Å²) in [5.74, 6) is -2.51. The van der Waals surface area contributed by atoms with Gasteiger partial charge in [-0.05, 0) is 61.6 Å². The molecule has 4 rings (SSSR count). The van der Waals surface area contributed by atoms with Crippen LogP contribution in [0.4, 0.5) is 17.6 Å². The molecule has 0 bridgehead atoms. The first-order valence-electron chi connectivity index (χ1n) is 9.64. The quantitative estimate of drug-likeness (QED) is 0.513. The summed E-state index contributed by atoms with van der Waals surface area (Å²) in [4.78, 5) is 11.7. The summed E-state index contributed by atoms with van der Waals surface area (Å²) in [6.45, 7) is 1.50. The van der Waals surface area contributed by atoms with Crippen LogP contribution in [0.2, 0.25) is 0 Å². The molecule has 32 heavy (non-hydrogen) atoms. The van der Waals surface area contributed by atoms with Crippen LogP contribution in [0.3, 0.4) is 0 Å². The van der Waals surface area contributed by atoms with Gasteiger partial charge in [0.1, 0.15) is 22.0 Å². The molecule has 1 amide bonds. The Morgan fingerprint density at radius 3 is 2.53 bits per heavy atom. The van der Waals surface area contributed by atoms with E-state index < -0.39 is 44.1 Å². The maximum atomic E-state index is 14.4. The Balaban J connectivity index is 1.67. The van der Waals surface area contributed by atoms with Gasteiger partial charge in [-0.2, -0.15) is 13.2 Å². The highest BCUT2D eigenvalue weighted by Gasteiger charge is 2.34. The minimum Gasteiger partial charge on any atom is -0.492 e. The molecule has 3 aromatic rings. The van der Waals surface area contributed by atoms with Crippen LogP contribution in [0.15, 0.2) is 45.7 Å². The molecule has 1 aliphatic carbocycles. The van der Waals surface area contributed by atoms with Gasteiger partial charge >= 0.3 is 12.1 Å². The molecule has 1 heterocycles. The van der Waals surface area contributed by atoms with Crippen LogP contribution in [0.1, 0.15) is 47.4 Å². The topological polar surface area (TPSA) is 85.6 Å². The summed E-state index contributed by atoms with van der Waals surface area (Å²) in [5, 5.41) is -0.00831. The average molecular weight is 471 g/mol. The number of amides is 1. The van der Waals surface area contributed by atoms with Crippen LogP contribution in [0.5, 0.6) is 5.75 Å². The lowest BCUT2D eigenvalue weighted by Crippen LogP contribution is -2.31. The third-order valence-corrected chi connectivity index (χ3v) is 6.32. The number of benzene rings is 2. The van der Waals surface area contributed by atoms with Gasteiger partial charge < -0.3 is 9.15 Å². The highest BCUT2D eigenvalue weighted by Crippen LogP contribution is 2.42. The number of rotatable bonds is 6. The Kier molecular flexibility index (Phi) is 5.40. The Hall–Kier alpha value is -3.08. The van der Waals surface area contributed by atoms with Gasteiger partial charge in [0, 0.05) is 6.07 Å². The van der Waals surface area contributed by atoms with E-state index in [1.54, 1.807) is 10.8 Å². The van der Waals surface area contributed by atoms with Crippen molar-refractivity contribution in [3.63, 3.8) is 0 Å². The first-order valence-corrected chi connectivity index (χ1v) is 11.1.